The van der Waals surface area contributed by atoms with Crippen LogP contribution in [0.25, 0.3) is 0 Å². The van der Waals surface area contributed by atoms with Crippen molar-refractivity contribution in [2.75, 3.05) is 18.0 Å². The highest BCUT2D eigenvalue weighted by atomic mass is 16.1. The lowest BCUT2D eigenvalue weighted by Gasteiger charge is -2.32. The molecule has 0 unspecified atom stereocenters. The van der Waals surface area contributed by atoms with Crippen molar-refractivity contribution in [2.45, 2.75) is 38.6 Å². The van der Waals surface area contributed by atoms with Gasteiger partial charge in [-0.2, -0.15) is 5.10 Å². The molecule has 1 saturated heterocycles. The van der Waals surface area contributed by atoms with Crippen molar-refractivity contribution in [1.29, 1.82) is 0 Å². The van der Waals surface area contributed by atoms with E-state index in [0.29, 0.717) is 18.3 Å². The molecule has 0 atom stereocenters. The Labute approximate surface area is 145 Å². The third-order valence-electron chi connectivity index (χ3n) is 5.37. The molecule has 0 bridgehead atoms. The van der Waals surface area contributed by atoms with Gasteiger partial charge in [0.25, 0.3) is 11.1 Å². The Morgan fingerprint density at radius 2 is 2.00 bits per heavy atom. The molecule has 0 saturated carbocycles. The Morgan fingerprint density at radius 1 is 1.20 bits per heavy atom. The summed E-state index contributed by atoms with van der Waals surface area (Å²) < 4.78 is 3.20. The van der Waals surface area contributed by atoms with Crippen molar-refractivity contribution in [1.82, 2.24) is 19.3 Å². The van der Waals surface area contributed by atoms with Crippen LogP contribution in [-0.2, 0) is 26.4 Å². The van der Waals surface area contributed by atoms with Gasteiger partial charge in [-0.05, 0) is 43.6 Å². The van der Waals surface area contributed by atoms with Gasteiger partial charge < -0.3 is 9.47 Å². The monoisotopic (exact) mass is 341 g/mol. The molecule has 0 aromatic carbocycles. The number of rotatable bonds is 3. The maximum atomic E-state index is 12.3. The number of anilines is 1. The minimum absolute atomic E-state index is 0.0154. The number of nitrogens with zero attached hydrogens (tertiary/aromatic N) is 5. The number of aryl methyl sites for hydroxylation is 3. The predicted octanol–water partition coefficient (Wildman–Crippen LogP) is 0.742. The second-order valence-corrected chi connectivity index (χ2v) is 7.09. The number of hydrogen-bond acceptors (Lipinski definition) is 5. The summed E-state index contributed by atoms with van der Waals surface area (Å²) in [5.74, 6) is 0.935. The van der Waals surface area contributed by atoms with E-state index in [1.54, 1.807) is 34.8 Å². The van der Waals surface area contributed by atoms with Gasteiger partial charge in [0.2, 0.25) is 0 Å². The zero-order valence-electron chi connectivity index (χ0n) is 14.5. The Kier molecular flexibility index (Phi) is 4.15. The molecular weight excluding hydrogens is 318 g/mol. The molecule has 2 aliphatic rings. The summed E-state index contributed by atoms with van der Waals surface area (Å²) in [6.45, 7) is 2.24. The van der Waals surface area contributed by atoms with Crippen LogP contribution in [0.5, 0.6) is 0 Å². The summed E-state index contributed by atoms with van der Waals surface area (Å²) >= 11 is 0. The summed E-state index contributed by atoms with van der Waals surface area (Å²) in [7, 11) is 1.74. The zero-order chi connectivity index (χ0) is 17.4. The van der Waals surface area contributed by atoms with Crippen LogP contribution in [0.3, 0.4) is 0 Å². The average Bonchev–Trinajstić information content (AvgIpc) is 3.05. The topological polar surface area (TPSA) is 73.0 Å². The molecule has 2 aromatic heterocycles. The maximum absolute atomic E-state index is 12.3. The van der Waals surface area contributed by atoms with Gasteiger partial charge in [0.05, 0.1) is 5.69 Å². The molecule has 0 radical (unpaired) electrons. The van der Waals surface area contributed by atoms with Gasteiger partial charge in [-0.25, -0.2) is 9.67 Å². The minimum atomic E-state index is -0.0579. The molecule has 0 N–H and O–H groups in total. The summed E-state index contributed by atoms with van der Waals surface area (Å²) in [5, 5.41) is 4.57. The molecule has 7 heteroatoms. The predicted molar refractivity (Wildman–Crippen MR) is 94.9 cm³/mol. The third-order valence-corrected chi connectivity index (χ3v) is 5.37. The number of fused-ring (bicyclic) bond motifs is 1. The molecule has 4 rings (SSSR count). The fourth-order valence-electron chi connectivity index (χ4n) is 3.84. The zero-order valence-corrected chi connectivity index (χ0v) is 14.5. The van der Waals surface area contributed by atoms with Crippen molar-refractivity contribution >= 4 is 5.82 Å². The quantitative estimate of drug-likeness (QED) is 0.823. The van der Waals surface area contributed by atoms with Crippen LogP contribution in [0.4, 0.5) is 5.82 Å². The lowest BCUT2D eigenvalue weighted by molar-refractivity contribution is 0.332. The molecule has 1 fully saturated rings. The van der Waals surface area contributed by atoms with Crippen LogP contribution in [0.1, 0.15) is 30.5 Å². The molecule has 0 spiro atoms. The normalized spacial score (nSPS) is 17.7. The summed E-state index contributed by atoms with van der Waals surface area (Å²) in [6, 6.07) is 1.77. The molecule has 3 heterocycles. The summed E-state index contributed by atoms with van der Waals surface area (Å²) in [4.78, 5) is 30.8. The third kappa shape index (κ3) is 3.10. The first kappa shape index (κ1) is 16.1. The van der Waals surface area contributed by atoms with E-state index in [4.69, 9.17) is 0 Å². The first-order valence-electron chi connectivity index (χ1n) is 8.98. The van der Waals surface area contributed by atoms with E-state index in [2.05, 4.69) is 15.0 Å². The van der Waals surface area contributed by atoms with Crippen LogP contribution in [0.2, 0.25) is 0 Å². The van der Waals surface area contributed by atoms with Gasteiger partial charge in [0, 0.05) is 45.1 Å². The number of aromatic nitrogens is 4. The lowest BCUT2D eigenvalue weighted by Crippen LogP contribution is -2.40. The number of piperidine rings is 1. The van der Waals surface area contributed by atoms with Gasteiger partial charge in [-0.15, -0.1) is 0 Å². The second kappa shape index (κ2) is 6.46. The summed E-state index contributed by atoms with van der Waals surface area (Å²) in [5.41, 5.74) is 2.18. The van der Waals surface area contributed by atoms with E-state index in [9.17, 15) is 9.59 Å². The van der Waals surface area contributed by atoms with E-state index < -0.39 is 0 Å². The molecule has 2 aromatic rings. The average molecular weight is 341 g/mol. The van der Waals surface area contributed by atoms with Crippen molar-refractivity contribution in [3.63, 3.8) is 0 Å². The van der Waals surface area contributed by atoms with Crippen LogP contribution >= 0.6 is 0 Å². The Balaban J connectivity index is 1.44. The minimum Gasteiger partial charge on any atom is -0.352 e. The Hall–Kier alpha value is -2.44. The van der Waals surface area contributed by atoms with Gasteiger partial charge in [-0.3, -0.25) is 9.59 Å². The SMILES string of the molecule is Cn1ccnc(N2CCC(Cn3nc4c(cc3=O)CCC4)CC2)c1=O. The van der Waals surface area contributed by atoms with Gasteiger partial charge in [-0.1, -0.05) is 0 Å². The van der Waals surface area contributed by atoms with Gasteiger partial charge in [0.1, 0.15) is 0 Å². The van der Waals surface area contributed by atoms with Crippen LogP contribution in [-0.4, -0.2) is 32.4 Å². The van der Waals surface area contributed by atoms with Crippen molar-refractivity contribution in [3.05, 3.63) is 50.4 Å². The molecular formula is C18H23N5O2. The standard InChI is InChI=1S/C18H23N5O2/c1-21-10-7-19-17(18(21)25)22-8-5-13(6-9-22)12-23-16(24)11-14-3-2-4-15(14)20-23/h7,10-11,13H,2-6,8-9,12H2,1H3. The highest BCUT2D eigenvalue weighted by molar-refractivity contribution is 5.36. The van der Waals surface area contributed by atoms with Crippen molar-refractivity contribution < 1.29 is 0 Å². The van der Waals surface area contributed by atoms with E-state index in [1.165, 1.54) is 0 Å². The molecule has 25 heavy (non-hydrogen) atoms. The second-order valence-electron chi connectivity index (χ2n) is 7.09. The van der Waals surface area contributed by atoms with E-state index in [1.807, 2.05) is 0 Å². The highest BCUT2D eigenvalue weighted by Gasteiger charge is 2.24. The fraction of sp³-hybridized carbons (Fsp3) is 0.556. The maximum Gasteiger partial charge on any atom is 0.293 e. The van der Waals surface area contributed by atoms with Gasteiger partial charge in [0.15, 0.2) is 5.82 Å². The van der Waals surface area contributed by atoms with Crippen LogP contribution in [0.15, 0.2) is 28.0 Å². The van der Waals surface area contributed by atoms with E-state index in [0.717, 1.165) is 56.5 Å². The Morgan fingerprint density at radius 3 is 2.80 bits per heavy atom. The summed E-state index contributed by atoms with van der Waals surface area (Å²) in [6.07, 6.45) is 8.27. The van der Waals surface area contributed by atoms with Gasteiger partial charge >= 0.3 is 0 Å². The van der Waals surface area contributed by atoms with Crippen LogP contribution in [0, 0.1) is 5.92 Å². The van der Waals surface area contributed by atoms with Crippen molar-refractivity contribution in [3.8, 4) is 0 Å². The largest absolute Gasteiger partial charge is 0.352 e. The smallest absolute Gasteiger partial charge is 0.293 e. The molecule has 0 amide bonds. The van der Waals surface area contributed by atoms with Crippen LogP contribution < -0.4 is 16.0 Å². The first-order chi connectivity index (χ1) is 12.1. The van der Waals surface area contributed by atoms with E-state index >= 15 is 0 Å². The van der Waals surface area contributed by atoms with E-state index in [-0.39, 0.29) is 11.1 Å². The number of hydrogen-bond donors (Lipinski definition) is 0. The first-order valence-corrected chi connectivity index (χ1v) is 8.98. The molecule has 132 valence electrons. The fourth-order valence-corrected chi connectivity index (χ4v) is 3.84. The molecule has 1 aliphatic heterocycles. The lowest BCUT2D eigenvalue weighted by atomic mass is 9.97. The molecule has 1 aliphatic carbocycles. The Bertz CT molecular complexity index is 893. The molecule has 7 nitrogen and oxygen atoms in total. The van der Waals surface area contributed by atoms with Crippen molar-refractivity contribution in [2.24, 2.45) is 13.0 Å². The highest BCUT2D eigenvalue weighted by Crippen LogP contribution is 2.22.